The molecule has 0 N–H and O–H groups in total. The van der Waals surface area contributed by atoms with Crippen LogP contribution in [-0.4, -0.2) is 12.0 Å². The van der Waals surface area contributed by atoms with Crippen molar-refractivity contribution in [3.63, 3.8) is 0 Å². The smallest absolute Gasteiger partial charge is 0.186 e. The topological polar surface area (TPSA) is 17.1 Å². The van der Waals surface area contributed by atoms with Gasteiger partial charge in [-0.3, -0.25) is 4.79 Å². The van der Waals surface area contributed by atoms with Crippen molar-refractivity contribution in [2.75, 3.05) is 6.26 Å². The van der Waals surface area contributed by atoms with Crippen LogP contribution < -0.4 is 0 Å². The quantitative estimate of drug-likeness (QED) is 0.791. The summed E-state index contributed by atoms with van der Waals surface area (Å²) < 4.78 is 0. The number of allylic oxidation sites excluding steroid dienone is 1. The zero-order valence-electron chi connectivity index (χ0n) is 9.57. The Morgan fingerprint density at radius 1 is 1.12 bits per heavy atom. The van der Waals surface area contributed by atoms with E-state index in [4.69, 9.17) is 0 Å². The fraction of sp³-hybridized carbons (Fsp3) is 0.133. The molecule has 0 bridgehead atoms. The molecule has 2 aromatic rings. The van der Waals surface area contributed by atoms with E-state index in [1.807, 2.05) is 12.1 Å². The number of thioether (sulfide) groups is 1. The molecule has 84 valence electrons. The molecule has 1 aliphatic carbocycles. The maximum absolute atomic E-state index is 12.1. The van der Waals surface area contributed by atoms with E-state index in [-0.39, 0.29) is 5.78 Å². The lowest BCUT2D eigenvalue weighted by Gasteiger charge is -2.15. The summed E-state index contributed by atoms with van der Waals surface area (Å²) in [5.41, 5.74) is 3.20. The Hall–Kier alpha value is -1.54. The molecule has 2 heteroatoms. The third-order valence-corrected chi connectivity index (χ3v) is 3.72. The summed E-state index contributed by atoms with van der Waals surface area (Å²) in [5.74, 6) is 1.03. The van der Waals surface area contributed by atoms with E-state index in [0.717, 1.165) is 33.2 Å². The van der Waals surface area contributed by atoms with Gasteiger partial charge in [-0.1, -0.05) is 36.4 Å². The van der Waals surface area contributed by atoms with Gasteiger partial charge in [-0.15, -0.1) is 0 Å². The van der Waals surface area contributed by atoms with Crippen molar-refractivity contribution in [2.45, 2.75) is 5.75 Å². The predicted molar refractivity (Wildman–Crippen MR) is 74.5 cm³/mol. The highest BCUT2D eigenvalue weighted by molar-refractivity contribution is 7.97. The van der Waals surface area contributed by atoms with Gasteiger partial charge in [0.15, 0.2) is 5.78 Å². The first kappa shape index (κ1) is 10.6. The number of carbonyl (C=O) groups excluding carboxylic acids is 1. The number of carbonyl (C=O) groups is 1. The molecule has 0 radical (unpaired) electrons. The minimum atomic E-state index is 0.137. The van der Waals surface area contributed by atoms with Gasteiger partial charge < -0.3 is 0 Å². The van der Waals surface area contributed by atoms with Crippen LogP contribution >= 0.6 is 11.8 Å². The lowest BCUT2D eigenvalue weighted by atomic mass is 9.89. The fourth-order valence-electron chi connectivity index (χ4n) is 2.40. The molecule has 0 spiro atoms. The molecule has 0 atom stereocenters. The van der Waals surface area contributed by atoms with Crippen LogP contribution in [0.25, 0.3) is 16.8 Å². The van der Waals surface area contributed by atoms with Crippen LogP contribution in [0.1, 0.15) is 21.5 Å². The van der Waals surface area contributed by atoms with E-state index in [1.165, 1.54) is 0 Å². The Morgan fingerprint density at radius 3 is 2.82 bits per heavy atom. The molecule has 0 aromatic heterocycles. The normalized spacial score (nSPS) is 13.4. The van der Waals surface area contributed by atoms with Crippen LogP contribution in [0.15, 0.2) is 36.4 Å². The number of benzene rings is 2. The zero-order valence-corrected chi connectivity index (χ0v) is 10.4. The SMILES string of the molecule is CSCc1ccc2cccc3c2c1C(=O)C=C3. The molecular weight excluding hydrogens is 228 g/mol. The highest BCUT2D eigenvalue weighted by Gasteiger charge is 2.18. The predicted octanol–water partition coefficient (Wildman–Crippen LogP) is 3.91. The van der Waals surface area contributed by atoms with Crippen LogP contribution in [0, 0.1) is 0 Å². The van der Waals surface area contributed by atoms with Crippen molar-refractivity contribution in [3.05, 3.63) is 53.1 Å². The largest absolute Gasteiger partial charge is 0.289 e. The monoisotopic (exact) mass is 240 g/mol. The molecule has 0 amide bonds. The molecule has 0 saturated carbocycles. The van der Waals surface area contributed by atoms with Crippen molar-refractivity contribution < 1.29 is 4.79 Å². The Balaban J connectivity index is 2.41. The van der Waals surface area contributed by atoms with Gasteiger partial charge in [-0.2, -0.15) is 11.8 Å². The summed E-state index contributed by atoms with van der Waals surface area (Å²) in [7, 11) is 0. The molecular formula is C15H12OS. The average molecular weight is 240 g/mol. The van der Waals surface area contributed by atoms with Gasteiger partial charge in [0.25, 0.3) is 0 Å². The molecule has 0 heterocycles. The van der Waals surface area contributed by atoms with Gasteiger partial charge in [0.2, 0.25) is 0 Å². The number of hydrogen-bond donors (Lipinski definition) is 0. The van der Waals surface area contributed by atoms with Crippen LogP contribution in [0.2, 0.25) is 0 Å². The maximum atomic E-state index is 12.1. The lowest BCUT2D eigenvalue weighted by Crippen LogP contribution is -2.05. The minimum Gasteiger partial charge on any atom is -0.289 e. The van der Waals surface area contributed by atoms with E-state index in [2.05, 4.69) is 30.5 Å². The molecule has 0 aliphatic heterocycles. The van der Waals surface area contributed by atoms with Gasteiger partial charge in [-0.05, 0) is 28.8 Å². The Kier molecular flexibility index (Phi) is 2.52. The first-order valence-corrected chi connectivity index (χ1v) is 6.96. The number of hydrogen-bond acceptors (Lipinski definition) is 2. The molecule has 1 aliphatic rings. The second-order valence-electron chi connectivity index (χ2n) is 4.18. The average Bonchev–Trinajstić information content (AvgIpc) is 2.35. The van der Waals surface area contributed by atoms with Gasteiger partial charge >= 0.3 is 0 Å². The van der Waals surface area contributed by atoms with Gasteiger partial charge in [-0.25, -0.2) is 0 Å². The number of rotatable bonds is 2. The van der Waals surface area contributed by atoms with E-state index in [1.54, 1.807) is 17.8 Å². The standard InChI is InChI=1S/C15H12OS/c1-17-9-12-6-5-10-3-2-4-11-7-8-13(16)15(12)14(10)11/h2-8H,9H2,1H3. The van der Waals surface area contributed by atoms with E-state index < -0.39 is 0 Å². The Morgan fingerprint density at radius 2 is 2.00 bits per heavy atom. The number of ketones is 1. The second kappa shape index (κ2) is 4.04. The van der Waals surface area contributed by atoms with E-state index >= 15 is 0 Å². The van der Waals surface area contributed by atoms with Crippen LogP contribution in [0.3, 0.4) is 0 Å². The molecule has 2 aromatic carbocycles. The van der Waals surface area contributed by atoms with Gasteiger partial charge in [0, 0.05) is 16.7 Å². The molecule has 0 unspecified atom stereocenters. The summed E-state index contributed by atoms with van der Waals surface area (Å²) in [6.07, 6.45) is 5.66. The summed E-state index contributed by atoms with van der Waals surface area (Å²) in [5, 5.41) is 2.27. The van der Waals surface area contributed by atoms with Crippen LogP contribution in [0.4, 0.5) is 0 Å². The molecule has 0 saturated heterocycles. The minimum absolute atomic E-state index is 0.137. The Bertz CT molecular complexity index is 641. The summed E-state index contributed by atoms with van der Waals surface area (Å²) in [6.45, 7) is 0. The van der Waals surface area contributed by atoms with Crippen molar-refractivity contribution in [1.29, 1.82) is 0 Å². The van der Waals surface area contributed by atoms with Gasteiger partial charge in [0.1, 0.15) is 0 Å². The van der Waals surface area contributed by atoms with Crippen molar-refractivity contribution in [3.8, 4) is 0 Å². The highest BCUT2D eigenvalue weighted by atomic mass is 32.2. The fourth-order valence-corrected chi connectivity index (χ4v) is 2.95. The first-order chi connectivity index (χ1) is 8.31. The molecule has 3 rings (SSSR count). The molecule has 0 fully saturated rings. The highest BCUT2D eigenvalue weighted by Crippen LogP contribution is 2.32. The third-order valence-electron chi connectivity index (χ3n) is 3.12. The summed E-state index contributed by atoms with van der Waals surface area (Å²) >= 11 is 1.75. The summed E-state index contributed by atoms with van der Waals surface area (Å²) in [6, 6.07) is 10.4. The van der Waals surface area contributed by atoms with Gasteiger partial charge in [0.05, 0.1) is 0 Å². The molecule has 17 heavy (non-hydrogen) atoms. The van der Waals surface area contributed by atoms with Crippen molar-refractivity contribution in [1.82, 2.24) is 0 Å². The first-order valence-electron chi connectivity index (χ1n) is 5.57. The van der Waals surface area contributed by atoms with Crippen molar-refractivity contribution in [2.24, 2.45) is 0 Å². The second-order valence-corrected chi connectivity index (χ2v) is 5.04. The maximum Gasteiger partial charge on any atom is 0.186 e. The third kappa shape index (κ3) is 1.60. The van der Waals surface area contributed by atoms with Crippen LogP contribution in [-0.2, 0) is 5.75 Å². The van der Waals surface area contributed by atoms with Crippen molar-refractivity contribution >= 4 is 34.4 Å². The summed E-state index contributed by atoms with van der Waals surface area (Å²) in [4.78, 5) is 12.1. The van der Waals surface area contributed by atoms with Crippen LogP contribution in [0.5, 0.6) is 0 Å². The zero-order chi connectivity index (χ0) is 11.8. The lowest BCUT2D eigenvalue weighted by molar-refractivity contribution is 0.104. The molecule has 1 nitrogen and oxygen atoms in total. The van der Waals surface area contributed by atoms with E-state index in [9.17, 15) is 4.79 Å². The van der Waals surface area contributed by atoms with E-state index in [0.29, 0.717) is 0 Å². The Labute approximate surface area is 105 Å².